The van der Waals surface area contributed by atoms with Gasteiger partial charge in [-0.25, -0.2) is 0 Å². The monoisotopic (exact) mass is 388 g/mol. The standard InChI is InChI=1S/C19H21ClN4OS/c1-13-15-11-17(18(25)23-9-7-22(2)8-10-23)26-19(15)24(21-13)12-14-5-3-4-6-16(14)20/h3-6,11H,7-10,12H2,1-2H3. The Bertz CT molecular complexity index is 956. The van der Waals surface area contributed by atoms with E-state index in [-0.39, 0.29) is 5.91 Å². The third-order valence-corrected chi connectivity index (χ3v) is 6.39. The van der Waals surface area contributed by atoms with Gasteiger partial charge in [0.2, 0.25) is 0 Å². The lowest BCUT2D eigenvalue weighted by Gasteiger charge is -2.32. The first-order valence-electron chi connectivity index (χ1n) is 8.71. The van der Waals surface area contributed by atoms with Crippen molar-refractivity contribution in [2.75, 3.05) is 33.2 Å². The summed E-state index contributed by atoms with van der Waals surface area (Å²) in [4.78, 5) is 18.9. The number of piperazine rings is 1. The van der Waals surface area contributed by atoms with Gasteiger partial charge in [0, 0.05) is 36.6 Å². The van der Waals surface area contributed by atoms with Crippen LogP contribution in [0.25, 0.3) is 10.2 Å². The topological polar surface area (TPSA) is 41.4 Å². The Hall–Kier alpha value is -1.89. The fourth-order valence-electron chi connectivity index (χ4n) is 3.28. The molecule has 0 bridgehead atoms. The van der Waals surface area contributed by atoms with Crippen LogP contribution in [0.2, 0.25) is 5.02 Å². The molecule has 0 aliphatic carbocycles. The van der Waals surface area contributed by atoms with Gasteiger partial charge >= 0.3 is 0 Å². The number of amides is 1. The van der Waals surface area contributed by atoms with Crippen molar-refractivity contribution in [2.24, 2.45) is 0 Å². The van der Waals surface area contributed by atoms with E-state index in [1.54, 1.807) is 0 Å². The van der Waals surface area contributed by atoms with Gasteiger partial charge in [0.05, 0.1) is 17.1 Å². The SMILES string of the molecule is Cc1nn(Cc2ccccc2Cl)c2sc(C(=O)N3CCN(C)CC3)cc12. The summed E-state index contributed by atoms with van der Waals surface area (Å²) < 4.78 is 1.96. The molecule has 0 unspecified atom stereocenters. The van der Waals surface area contributed by atoms with Crippen LogP contribution in [0.4, 0.5) is 0 Å². The van der Waals surface area contributed by atoms with Gasteiger partial charge in [0.25, 0.3) is 5.91 Å². The molecule has 0 spiro atoms. The minimum atomic E-state index is 0.128. The van der Waals surface area contributed by atoms with Crippen LogP contribution in [-0.2, 0) is 6.54 Å². The summed E-state index contributed by atoms with van der Waals surface area (Å²) in [5, 5.41) is 6.44. The summed E-state index contributed by atoms with van der Waals surface area (Å²) in [5.41, 5.74) is 1.97. The van der Waals surface area contributed by atoms with E-state index in [0.29, 0.717) is 6.54 Å². The highest BCUT2D eigenvalue weighted by atomic mass is 35.5. The summed E-state index contributed by atoms with van der Waals surface area (Å²) in [6, 6.07) is 9.79. The predicted molar refractivity (Wildman–Crippen MR) is 106 cm³/mol. The molecule has 0 N–H and O–H groups in total. The first kappa shape index (κ1) is 17.5. The fraction of sp³-hybridized carbons (Fsp3) is 0.368. The lowest BCUT2D eigenvalue weighted by molar-refractivity contribution is 0.0669. The normalized spacial score (nSPS) is 15.7. The Morgan fingerprint density at radius 3 is 2.69 bits per heavy atom. The fourth-order valence-corrected chi connectivity index (χ4v) is 4.60. The Morgan fingerprint density at radius 2 is 1.96 bits per heavy atom. The Morgan fingerprint density at radius 1 is 1.23 bits per heavy atom. The number of rotatable bonds is 3. The summed E-state index contributed by atoms with van der Waals surface area (Å²) in [6.07, 6.45) is 0. The molecule has 1 aromatic carbocycles. The van der Waals surface area contributed by atoms with Crippen molar-refractivity contribution >= 4 is 39.1 Å². The van der Waals surface area contributed by atoms with Crippen molar-refractivity contribution in [1.82, 2.24) is 19.6 Å². The second-order valence-electron chi connectivity index (χ2n) is 6.76. The molecule has 136 valence electrons. The first-order chi connectivity index (χ1) is 12.5. The molecule has 0 radical (unpaired) electrons. The van der Waals surface area contributed by atoms with Crippen molar-refractivity contribution < 1.29 is 4.79 Å². The number of aromatic nitrogens is 2. The molecule has 1 aliphatic rings. The van der Waals surface area contributed by atoms with Crippen LogP contribution < -0.4 is 0 Å². The number of carbonyl (C=O) groups excluding carboxylic acids is 1. The first-order valence-corrected chi connectivity index (χ1v) is 9.90. The largest absolute Gasteiger partial charge is 0.335 e. The molecule has 7 heteroatoms. The van der Waals surface area contributed by atoms with Gasteiger partial charge in [-0.1, -0.05) is 29.8 Å². The molecular formula is C19H21ClN4OS. The number of benzene rings is 1. The summed E-state index contributed by atoms with van der Waals surface area (Å²) >= 11 is 7.82. The molecule has 0 atom stereocenters. The van der Waals surface area contributed by atoms with E-state index in [1.165, 1.54) is 11.3 Å². The maximum absolute atomic E-state index is 12.9. The summed E-state index contributed by atoms with van der Waals surface area (Å²) in [5.74, 6) is 0.128. The van der Waals surface area contributed by atoms with E-state index >= 15 is 0 Å². The van der Waals surface area contributed by atoms with Gasteiger partial charge in [-0.05, 0) is 31.7 Å². The number of nitrogens with zero attached hydrogens (tertiary/aromatic N) is 4. The van der Waals surface area contributed by atoms with Crippen LogP contribution in [0.1, 0.15) is 20.9 Å². The number of likely N-dealkylation sites (N-methyl/N-ethyl adjacent to an activating group) is 1. The number of fused-ring (bicyclic) bond motifs is 1. The van der Waals surface area contributed by atoms with Gasteiger partial charge < -0.3 is 9.80 Å². The summed E-state index contributed by atoms with van der Waals surface area (Å²) in [7, 11) is 2.09. The maximum atomic E-state index is 12.9. The van der Waals surface area contributed by atoms with Crippen LogP contribution >= 0.6 is 22.9 Å². The number of hydrogen-bond acceptors (Lipinski definition) is 4. The zero-order chi connectivity index (χ0) is 18.3. The predicted octanol–water partition coefficient (Wildman–Crippen LogP) is 3.50. The lowest BCUT2D eigenvalue weighted by Crippen LogP contribution is -2.46. The highest BCUT2D eigenvalue weighted by molar-refractivity contribution is 7.20. The number of carbonyl (C=O) groups is 1. The molecule has 1 amide bonds. The highest BCUT2D eigenvalue weighted by Crippen LogP contribution is 2.30. The molecule has 3 aromatic rings. The van der Waals surface area contributed by atoms with Crippen molar-refractivity contribution in [3.8, 4) is 0 Å². The Kier molecular flexibility index (Phi) is 4.73. The number of halogens is 1. The van der Waals surface area contributed by atoms with Crippen molar-refractivity contribution in [3.05, 3.63) is 51.5 Å². The van der Waals surface area contributed by atoms with Crippen molar-refractivity contribution in [1.29, 1.82) is 0 Å². The smallest absolute Gasteiger partial charge is 0.264 e. The minimum Gasteiger partial charge on any atom is -0.335 e. The second-order valence-corrected chi connectivity index (χ2v) is 8.20. The molecule has 4 rings (SSSR count). The van der Waals surface area contributed by atoms with E-state index in [0.717, 1.165) is 57.6 Å². The molecule has 26 heavy (non-hydrogen) atoms. The van der Waals surface area contributed by atoms with Gasteiger partial charge in [0.15, 0.2) is 0 Å². The molecule has 1 saturated heterocycles. The van der Waals surface area contributed by atoms with Crippen LogP contribution in [0.3, 0.4) is 0 Å². The van der Waals surface area contributed by atoms with Crippen molar-refractivity contribution in [2.45, 2.75) is 13.5 Å². The summed E-state index contributed by atoms with van der Waals surface area (Å²) in [6.45, 7) is 6.02. The lowest BCUT2D eigenvalue weighted by atomic mass is 10.2. The number of hydrogen-bond donors (Lipinski definition) is 0. The Labute approximate surface area is 161 Å². The van der Waals surface area contributed by atoms with Crippen LogP contribution in [0.5, 0.6) is 0 Å². The Balaban J connectivity index is 1.63. The molecule has 3 heterocycles. The highest BCUT2D eigenvalue weighted by Gasteiger charge is 2.23. The van der Waals surface area contributed by atoms with Crippen molar-refractivity contribution in [3.63, 3.8) is 0 Å². The molecule has 1 aliphatic heterocycles. The van der Waals surface area contributed by atoms with Crippen LogP contribution in [-0.4, -0.2) is 58.7 Å². The van der Waals surface area contributed by atoms with Gasteiger partial charge in [-0.15, -0.1) is 11.3 Å². The van der Waals surface area contributed by atoms with E-state index in [4.69, 9.17) is 11.6 Å². The minimum absolute atomic E-state index is 0.128. The zero-order valence-corrected chi connectivity index (χ0v) is 16.5. The van der Waals surface area contributed by atoms with Gasteiger partial charge in [-0.3, -0.25) is 9.48 Å². The number of thiophene rings is 1. The van der Waals surface area contributed by atoms with Gasteiger partial charge in [0.1, 0.15) is 4.83 Å². The van der Waals surface area contributed by atoms with Crippen LogP contribution in [0.15, 0.2) is 30.3 Å². The zero-order valence-electron chi connectivity index (χ0n) is 14.9. The number of aryl methyl sites for hydroxylation is 1. The molecule has 2 aromatic heterocycles. The molecule has 0 saturated carbocycles. The molecule has 5 nitrogen and oxygen atoms in total. The van der Waals surface area contributed by atoms with E-state index in [9.17, 15) is 4.79 Å². The maximum Gasteiger partial charge on any atom is 0.264 e. The van der Waals surface area contributed by atoms with Gasteiger partial charge in [-0.2, -0.15) is 5.10 Å². The van der Waals surface area contributed by atoms with Crippen LogP contribution in [0, 0.1) is 6.92 Å². The van der Waals surface area contributed by atoms with E-state index in [1.807, 2.05) is 46.8 Å². The quantitative estimate of drug-likeness (QED) is 0.689. The van der Waals surface area contributed by atoms with E-state index in [2.05, 4.69) is 17.0 Å². The molecule has 1 fully saturated rings. The molecular weight excluding hydrogens is 368 g/mol. The third-order valence-electron chi connectivity index (χ3n) is 4.89. The second kappa shape index (κ2) is 7.02. The van der Waals surface area contributed by atoms with E-state index < -0.39 is 0 Å². The third kappa shape index (κ3) is 3.24. The average Bonchev–Trinajstić information content (AvgIpc) is 3.19. The average molecular weight is 389 g/mol.